The molecule has 0 bridgehead atoms. The average Bonchev–Trinajstić information content (AvgIpc) is 1.52. The van der Waals surface area contributed by atoms with E-state index in [0.29, 0.717) is 69.7 Å². The molecule has 9 aliphatic rings. The summed E-state index contributed by atoms with van der Waals surface area (Å²) >= 11 is 5.02. The Balaban J connectivity index is 0.000000190. The van der Waals surface area contributed by atoms with Crippen LogP contribution in [0.15, 0.2) is 393 Å². The first-order chi connectivity index (χ1) is 65.9. The molecule has 0 aliphatic carbocycles. The van der Waals surface area contributed by atoms with Crippen LogP contribution in [0, 0.1) is 6.57 Å². The van der Waals surface area contributed by atoms with E-state index >= 15 is 0 Å². The molecule has 698 valence electrons. The monoisotopic (exact) mass is 1870 g/mol. The van der Waals surface area contributed by atoms with Gasteiger partial charge in [0, 0.05) is 51.9 Å². The van der Waals surface area contributed by atoms with E-state index in [1.54, 1.807) is 150 Å². The molecule has 11 amide bonds. The van der Waals surface area contributed by atoms with Crippen molar-refractivity contribution in [1.82, 2.24) is 25.2 Å². The minimum Gasteiger partial charge on any atom is -0.461 e. The smallest absolute Gasteiger partial charge is 0.384 e. The minimum atomic E-state index is -0.630. The number of thiocarbonyl (C=S) groups is 1. The standard InChI is InChI=1S/C16H12N2O2.C13H12N2O3.C10H8N2O2.C10H8N2O.C10H7NO2.C10H7NO.C9H12N2O2S.2C9H9N2O.C6H8N2O2.H2/c1-12-15(19)17(13-8-4-2-5-9-13)18(16(12)20)14-10-6-3-7-11-14;1-3-18-13(17)11-9(2)12(16)15(14-11)10-7-5-4-6-8-10;1-7-9(13)11-12(10(7)14)8-5-3-2-4-6-8;1-8-7-11-12(10(8)13)9-5-3-2-4-6-9;1-7-9(11-13-10(7)12)8-5-3-2-4-6-8;1-8(11-2)10(12)9-6-4-3-5-7-9;1-4-10-7(12)6(3)8(13)11(5-2)9(10)14;1-7-9(12)10(2)8-5-3-4-6-11(7)8;1-7-9(12)11-6-4-3-5-8(11)10(7)2;1-4-5(9)7(2)8(3)6(4)10;/h2-11H,1H2;4-8H,2-3H2,1H3;2-6H,1H2,(H,11,13);2-7H,1H2;2-6H,1H2;3-7H,1H2;3-5H2,1-2H3;2*3-6H,1H2,2H3;1H2,2-3H3;1H/q;;;;;;;2*+1;;. The maximum Gasteiger partial charge on any atom is 0.384 e. The largest absolute Gasteiger partial charge is 0.461 e. The highest BCUT2D eigenvalue weighted by Crippen LogP contribution is 2.32. The fraction of sp³-hybridized carbons (Fsp3) is 0.0980. The number of pyridine rings is 2. The van der Waals surface area contributed by atoms with Crippen LogP contribution in [0.3, 0.4) is 0 Å². The van der Waals surface area contributed by atoms with Gasteiger partial charge < -0.3 is 14.4 Å². The summed E-state index contributed by atoms with van der Waals surface area (Å²) in [6, 6.07) is 74.3. The number of allylic oxidation sites excluding steroid dienone is 2. The number of likely N-dealkylation sites (N-methyl/N-ethyl adjacent to an activating group) is 6. The molecule has 36 heteroatoms. The number of benzene rings is 7. The van der Waals surface area contributed by atoms with Crippen LogP contribution in [0.4, 0.5) is 40.1 Å². The number of nitrogens with zero attached hydrogens (tertiary/aromatic N) is 17. The van der Waals surface area contributed by atoms with Crippen LogP contribution in [0.5, 0.6) is 0 Å². The molecule has 4 saturated heterocycles. The number of para-hydroxylation sites is 5. The highest BCUT2D eigenvalue weighted by atomic mass is 32.1. The van der Waals surface area contributed by atoms with Gasteiger partial charge in [0.25, 0.3) is 70.7 Å². The number of carbonyl (C=O) groups is 15. The SMILES string of the molecule is C=C1C(=O)N(C)N(C)C1=O.C=C1C(=O)N(C)c2cccc[n+]21.C=C1C(=O)N(CC)C(=S)N(CC)C1=O.C=C1C(=O)N(c2ccccc2)N(c2ccccc2)C1=O.C=C1C(=O)N(c2ccccc2)N=C1C(=O)OCC.C=C1C(=O)NN(c2ccccc2)C1=O.C=C1C(=O)ON=C1c1ccccc1.C=C1C(=O)[n+]2ccccc2N1C.C=C1C=NN(c2ccccc2)C1=O.[C-]#[N+]C(=C)C(=O)c1ccccc1.[HH]. The van der Waals surface area contributed by atoms with Crippen LogP contribution in [0.25, 0.3) is 10.5 Å². The topological polar surface area (TPSA) is 371 Å². The summed E-state index contributed by atoms with van der Waals surface area (Å²) < 4.78 is 8.19. The number of oxime groups is 1. The summed E-state index contributed by atoms with van der Waals surface area (Å²) in [7, 11) is 6.63. The summed E-state index contributed by atoms with van der Waals surface area (Å²) in [6.45, 7) is 48.3. The molecular formula is C102H94N18O17S+2. The second-order valence-electron chi connectivity index (χ2n) is 29.0. The summed E-state index contributed by atoms with van der Waals surface area (Å²) in [5.74, 6) is -3.39. The molecule has 0 radical (unpaired) electrons. The Hall–Kier alpha value is -18.9. The van der Waals surface area contributed by atoms with E-state index in [2.05, 4.69) is 96.3 Å². The molecule has 138 heavy (non-hydrogen) atoms. The number of Topliss-reactive ketones (excluding diaryl/α,β-unsaturated/α-hetero) is 1. The van der Waals surface area contributed by atoms with Crippen molar-refractivity contribution in [3.63, 3.8) is 0 Å². The zero-order valence-corrected chi connectivity index (χ0v) is 76.9. The van der Waals surface area contributed by atoms with E-state index in [4.69, 9.17) is 23.5 Å². The second-order valence-corrected chi connectivity index (χ2v) is 29.4. The van der Waals surface area contributed by atoms with Crippen molar-refractivity contribution < 1.29 is 92.1 Å². The lowest BCUT2D eigenvalue weighted by Gasteiger charge is -2.34. The third-order valence-corrected chi connectivity index (χ3v) is 20.7. The normalized spacial score (nSPS) is 15.3. The summed E-state index contributed by atoms with van der Waals surface area (Å²) in [4.78, 5) is 185. The van der Waals surface area contributed by atoms with Gasteiger partial charge in [-0.3, -0.25) is 73.2 Å². The summed E-state index contributed by atoms with van der Waals surface area (Å²) in [6.07, 6.45) is 5.04. The number of anilines is 7. The van der Waals surface area contributed by atoms with E-state index in [-0.39, 0.29) is 99.6 Å². The third-order valence-electron chi connectivity index (χ3n) is 20.2. The Morgan fingerprint density at radius 3 is 1.26 bits per heavy atom. The molecule has 0 spiro atoms. The van der Waals surface area contributed by atoms with E-state index in [9.17, 15) is 71.9 Å². The van der Waals surface area contributed by atoms with Crippen LogP contribution in [0.1, 0.15) is 42.9 Å². The van der Waals surface area contributed by atoms with Crippen molar-refractivity contribution in [2.75, 3.05) is 82.7 Å². The number of hydrogen-bond acceptors (Lipinski definition) is 22. The van der Waals surface area contributed by atoms with E-state index in [0.717, 1.165) is 27.9 Å². The molecule has 4 fully saturated rings. The van der Waals surface area contributed by atoms with Gasteiger partial charge in [0.05, 0.1) is 96.6 Å². The van der Waals surface area contributed by atoms with Crippen molar-refractivity contribution in [3.8, 4) is 0 Å². The second kappa shape index (κ2) is 47.3. The zero-order chi connectivity index (χ0) is 101. The quantitative estimate of drug-likeness (QED) is 0.0173. The van der Waals surface area contributed by atoms with Gasteiger partial charge in [0.2, 0.25) is 17.1 Å². The molecule has 7 aromatic carbocycles. The Morgan fingerprint density at radius 2 is 0.870 bits per heavy atom. The number of ether oxygens (including phenoxy) is 1. The van der Waals surface area contributed by atoms with Crippen LogP contribution < -0.4 is 49.4 Å². The van der Waals surface area contributed by atoms with Crippen LogP contribution >= 0.6 is 12.2 Å². The van der Waals surface area contributed by atoms with Gasteiger partial charge in [0.1, 0.15) is 22.4 Å². The third kappa shape index (κ3) is 23.7. The molecule has 0 atom stereocenters. The van der Waals surface area contributed by atoms with Gasteiger partial charge in [-0.15, -0.1) is 0 Å². The minimum absolute atomic E-state index is 0. The number of rotatable bonds is 12. The van der Waals surface area contributed by atoms with Crippen molar-refractivity contribution in [2.24, 2.45) is 15.4 Å². The first-order valence-corrected chi connectivity index (χ1v) is 41.9. The molecule has 35 nitrogen and oxygen atoms in total. The van der Waals surface area contributed by atoms with E-state index < -0.39 is 41.5 Å². The molecule has 0 saturated carbocycles. The van der Waals surface area contributed by atoms with Gasteiger partial charge in [-0.05, 0) is 119 Å². The molecule has 18 rings (SSSR count). The van der Waals surface area contributed by atoms with Crippen LogP contribution in [-0.2, 0) is 71.9 Å². The Labute approximate surface area is 801 Å². The van der Waals surface area contributed by atoms with E-state index in [1.165, 1.54) is 60.2 Å². The summed E-state index contributed by atoms with van der Waals surface area (Å²) in [5.41, 5.74) is 9.23. The number of nitrogens with one attached hydrogen (secondary N) is 1. The van der Waals surface area contributed by atoms with Crippen molar-refractivity contribution in [2.45, 2.75) is 20.8 Å². The molecule has 11 heterocycles. The fourth-order valence-electron chi connectivity index (χ4n) is 12.6. The maximum absolute atomic E-state index is 12.3. The zero-order valence-electron chi connectivity index (χ0n) is 76.0. The average molecular weight is 1880 g/mol. The van der Waals surface area contributed by atoms with Crippen molar-refractivity contribution in [1.29, 1.82) is 0 Å². The molecule has 1 N–H and O–H groups in total. The highest BCUT2D eigenvalue weighted by molar-refractivity contribution is 7.80. The molecule has 9 aliphatic heterocycles. The highest BCUT2D eigenvalue weighted by Gasteiger charge is 2.44. The predicted molar refractivity (Wildman–Crippen MR) is 525 cm³/mol. The number of hydrazine groups is 3. The Kier molecular flexibility index (Phi) is 35.2. The van der Waals surface area contributed by atoms with Gasteiger partial charge in [-0.2, -0.15) is 34.3 Å². The fourth-order valence-corrected chi connectivity index (χ4v) is 13.0. The maximum atomic E-state index is 12.3. The number of hydrogen-bond donors (Lipinski definition) is 1. The molecule has 0 unspecified atom stereocenters. The summed E-state index contributed by atoms with van der Waals surface area (Å²) in [5, 5.41) is 20.6. The number of fused-ring (bicyclic) bond motifs is 2. The molecule has 2 aromatic heterocycles. The number of esters is 1. The lowest BCUT2D eigenvalue weighted by molar-refractivity contribution is -0.557. The molecule has 9 aromatic rings. The first kappa shape index (κ1) is 103. The van der Waals surface area contributed by atoms with Crippen LogP contribution in [0.2, 0.25) is 0 Å². The van der Waals surface area contributed by atoms with Gasteiger partial charge in [0.15, 0.2) is 16.6 Å². The first-order valence-electron chi connectivity index (χ1n) is 41.5. The van der Waals surface area contributed by atoms with Gasteiger partial charge in [-0.25, -0.2) is 43.9 Å². The number of hydrazone groups is 2. The predicted octanol–water partition coefficient (Wildman–Crippen LogP) is 11.2. The van der Waals surface area contributed by atoms with Crippen molar-refractivity contribution >= 4 is 169 Å². The van der Waals surface area contributed by atoms with Crippen molar-refractivity contribution in [3.05, 3.63) is 400 Å². The van der Waals surface area contributed by atoms with E-state index in [1.807, 2.05) is 165 Å². The van der Waals surface area contributed by atoms with Gasteiger partial charge in [-0.1, -0.05) is 222 Å². The Bertz CT molecular complexity index is 6470. The lowest BCUT2D eigenvalue weighted by Crippen LogP contribution is -2.55. The number of aromatic nitrogens is 2. The van der Waals surface area contributed by atoms with Crippen LogP contribution in [-0.4, -0.2) is 179 Å². The lowest BCUT2D eigenvalue weighted by atomic mass is 10.1. The number of ketones is 1. The molecular weight excluding hydrogens is 1780 g/mol. The number of carbonyl (C=O) groups excluding carboxylic acids is 15. The Morgan fingerprint density at radius 1 is 0.457 bits per heavy atom. The number of amides is 11. The van der Waals surface area contributed by atoms with Gasteiger partial charge >= 0.3 is 23.8 Å².